The van der Waals surface area contributed by atoms with Crippen molar-refractivity contribution in [3.8, 4) is 0 Å². The van der Waals surface area contributed by atoms with Crippen LogP contribution in [-0.2, 0) is 4.74 Å². The molecule has 106 valence electrons. The minimum atomic E-state index is -0.0854. The summed E-state index contributed by atoms with van der Waals surface area (Å²) in [6.45, 7) is 1.49. The van der Waals surface area contributed by atoms with Gasteiger partial charge in [0.1, 0.15) is 5.69 Å². The highest BCUT2D eigenvalue weighted by Gasteiger charge is 2.16. The van der Waals surface area contributed by atoms with Crippen LogP contribution in [0.15, 0.2) is 24.3 Å². The second-order valence-electron chi connectivity index (χ2n) is 5.21. The number of fused-ring (bicyclic) bond motifs is 1. The van der Waals surface area contributed by atoms with Gasteiger partial charge < -0.3 is 20.8 Å². The lowest BCUT2D eigenvalue weighted by atomic mass is 10.2. The minimum absolute atomic E-state index is 0.0854. The van der Waals surface area contributed by atoms with E-state index in [-0.39, 0.29) is 5.91 Å². The largest absolute Gasteiger partial charge is 0.399 e. The molecule has 2 heterocycles. The Hall–Kier alpha value is -2.01. The summed E-state index contributed by atoms with van der Waals surface area (Å²) in [7, 11) is 0. The van der Waals surface area contributed by atoms with Gasteiger partial charge in [-0.05, 0) is 43.5 Å². The maximum atomic E-state index is 12.1. The molecule has 1 unspecified atom stereocenters. The number of carbonyl (C=O) groups excluding carboxylic acids is 1. The van der Waals surface area contributed by atoms with Crippen LogP contribution in [0.1, 0.15) is 29.8 Å². The first kappa shape index (κ1) is 13.0. The van der Waals surface area contributed by atoms with Gasteiger partial charge in [-0.25, -0.2) is 0 Å². The summed E-state index contributed by atoms with van der Waals surface area (Å²) in [6.07, 6.45) is 3.40. The number of hydrogen-bond acceptors (Lipinski definition) is 3. The third-order valence-corrected chi connectivity index (χ3v) is 3.67. The standard InChI is InChI=1S/C15H19N3O2/c16-11-3-4-13-10(8-11)9-14(18-13)15(19)17-6-5-12-2-1-7-20-12/h3-4,8-9,12,18H,1-2,5-7,16H2,(H,17,19). The molecule has 1 aromatic carbocycles. The summed E-state index contributed by atoms with van der Waals surface area (Å²) in [5.41, 5.74) is 7.91. The van der Waals surface area contributed by atoms with Crippen LogP contribution in [0.3, 0.4) is 0 Å². The number of rotatable bonds is 4. The second-order valence-corrected chi connectivity index (χ2v) is 5.21. The Balaban J connectivity index is 1.60. The molecule has 0 spiro atoms. The van der Waals surface area contributed by atoms with Gasteiger partial charge in [0, 0.05) is 29.7 Å². The van der Waals surface area contributed by atoms with Gasteiger partial charge in [0.25, 0.3) is 5.91 Å². The van der Waals surface area contributed by atoms with Crippen LogP contribution in [0.25, 0.3) is 10.9 Å². The Bertz CT molecular complexity index is 615. The molecule has 0 radical (unpaired) electrons. The number of H-pyrrole nitrogens is 1. The van der Waals surface area contributed by atoms with Crippen LogP contribution in [0, 0.1) is 0 Å². The normalized spacial score (nSPS) is 18.5. The topological polar surface area (TPSA) is 80.1 Å². The van der Waals surface area contributed by atoms with Crippen molar-refractivity contribution < 1.29 is 9.53 Å². The van der Waals surface area contributed by atoms with Crippen molar-refractivity contribution in [2.24, 2.45) is 0 Å². The zero-order valence-corrected chi connectivity index (χ0v) is 11.3. The summed E-state index contributed by atoms with van der Waals surface area (Å²) in [5.74, 6) is -0.0854. The number of hydrogen-bond donors (Lipinski definition) is 3. The van der Waals surface area contributed by atoms with Crippen molar-refractivity contribution >= 4 is 22.5 Å². The lowest BCUT2D eigenvalue weighted by Gasteiger charge is -2.09. The van der Waals surface area contributed by atoms with E-state index in [1.54, 1.807) is 0 Å². The molecule has 4 N–H and O–H groups in total. The van der Waals surface area contributed by atoms with Gasteiger partial charge in [-0.1, -0.05) is 0 Å². The van der Waals surface area contributed by atoms with Gasteiger partial charge in [0.15, 0.2) is 0 Å². The van der Waals surface area contributed by atoms with Crippen LogP contribution >= 0.6 is 0 Å². The average Bonchev–Trinajstić information content (AvgIpc) is 3.06. The highest BCUT2D eigenvalue weighted by molar-refractivity contribution is 5.98. The predicted octanol–water partition coefficient (Wildman–Crippen LogP) is 2.05. The maximum Gasteiger partial charge on any atom is 0.267 e. The van der Waals surface area contributed by atoms with Crippen molar-refractivity contribution in [1.82, 2.24) is 10.3 Å². The van der Waals surface area contributed by atoms with Crippen molar-refractivity contribution in [2.75, 3.05) is 18.9 Å². The summed E-state index contributed by atoms with van der Waals surface area (Å²) < 4.78 is 5.53. The van der Waals surface area contributed by atoms with E-state index in [0.717, 1.165) is 36.8 Å². The number of carbonyl (C=O) groups is 1. The number of benzene rings is 1. The van der Waals surface area contributed by atoms with E-state index in [4.69, 9.17) is 10.5 Å². The van der Waals surface area contributed by atoms with Crippen LogP contribution in [-0.4, -0.2) is 30.1 Å². The number of aromatic amines is 1. The number of ether oxygens (including phenoxy) is 1. The lowest BCUT2D eigenvalue weighted by molar-refractivity contribution is 0.0904. The first-order valence-electron chi connectivity index (χ1n) is 7.00. The van der Waals surface area contributed by atoms with Crippen LogP contribution in [0.5, 0.6) is 0 Å². The fourth-order valence-electron chi connectivity index (χ4n) is 2.59. The van der Waals surface area contributed by atoms with Crippen molar-refractivity contribution in [3.63, 3.8) is 0 Å². The van der Waals surface area contributed by atoms with E-state index in [2.05, 4.69) is 10.3 Å². The number of nitrogens with two attached hydrogens (primary N) is 1. The molecule has 3 rings (SSSR count). The number of nitrogen functional groups attached to an aromatic ring is 1. The lowest BCUT2D eigenvalue weighted by Crippen LogP contribution is -2.27. The van der Waals surface area contributed by atoms with E-state index in [1.807, 2.05) is 24.3 Å². The summed E-state index contributed by atoms with van der Waals surface area (Å²) in [6, 6.07) is 7.38. The molecule has 1 amide bonds. The fourth-order valence-corrected chi connectivity index (χ4v) is 2.59. The zero-order chi connectivity index (χ0) is 13.9. The number of anilines is 1. The predicted molar refractivity (Wildman–Crippen MR) is 78.6 cm³/mol. The molecular weight excluding hydrogens is 254 g/mol. The summed E-state index contributed by atoms with van der Waals surface area (Å²) in [5, 5.41) is 3.87. The van der Waals surface area contributed by atoms with Gasteiger partial charge >= 0.3 is 0 Å². The van der Waals surface area contributed by atoms with E-state index in [0.29, 0.717) is 24.0 Å². The molecule has 0 aliphatic carbocycles. The fraction of sp³-hybridized carbons (Fsp3) is 0.400. The molecular formula is C15H19N3O2. The minimum Gasteiger partial charge on any atom is -0.399 e. The maximum absolute atomic E-state index is 12.1. The van der Waals surface area contributed by atoms with E-state index < -0.39 is 0 Å². The van der Waals surface area contributed by atoms with Crippen LogP contribution in [0.4, 0.5) is 5.69 Å². The van der Waals surface area contributed by atoms with Gasteiger partial charge in [0.2, 0.25) is 0 Å². The van der Waals surface area contributed by atoms with Crippen molar-refractivity contribution in [2.45, 2.75) is 25.4 Å². The zero-order valence-electron chi connectivity index (χ0n) is 11.3. The van der Waals surface area contributed by atoms with E-state index >= 15 is 0 Å². The molecule has 2 aromatic rings. The molecule has 1 atom stereocenters. The quantitative estimate of drug-likeness (QED) is 0.746. The Labute approximate surface area is 117 Å². The molecule has 1 aliphatic heterocycles. The number of amides is 1. The average molecular weight is 273 g/mol. The number of aromatic nitrogens is 1. The molecule has 5 nitrogen and oxygen atoms in total. The highest BCUT2D eigenvalue weighted by Crippen LogP contribution is 2.18. The molecule has 1 aromatic heterocycles. The Morgan fingerprint density at radius 1 is 1.45 bits per heavy atom. The third kappa shape index (κ3) is 2.77. The summed E-state index contributed by atoms with van der Waals surface area (Å²) in [4.78, 5) is 15.2. The molecule has 1 fully saturated rings. The molecule has 1 saturated heterocycles. The third-order valence-electron chi connectivity index (χ3n) is 3.67. The first-order chi connectivity index (χ1) is 9.72. The molecule has 0 saturated carbocycles. The van der Waals surface area contributed by atoms with Crippen LogP contribution in [0.2, 0.25) is 0 Å². The summed E-state index contributed by atoms with van der Waals surface area (Å²) >= 11 is 0. The Morgan fingerprint density at radius 2 is 2.35 bits per heavy atom. The second kappa shape index (κ2) is 5.54. The van der Waals surface area contributed by atoms with Gasteiger partial charge in [0.05, 0.1) is 6.10 Å². The van der Waals surface area contributed by atoms with Crippen molar-refractivity contribution in [1.29, 1.82) is 0 Å². The highest BCUT2D eigenvalue weighted by atomic mass is 16.5. The smallest absolute Gasteiger partial charge is 0.267 e. The van der Waals surface area contributed by atoms with Crippen molar-refractivity contribution in [3.05, 3.63) is 30.0 Å². The molecule has 1 aliphatic rings. The molecule has 20 heavy (non-hydrogen) atoms. The van der Waals surface area contributed by atoms with Crippen LogP contribution < -0.4 is 11.1 Å². The Kier molecular flexibility index (Phi) is 3.60. The van der Waals surface area contributed by atoms with E-state index in [1.165, 1.54) is 0 Å². The van der Waals surface area contributed by atoms with E-state index in [9.17, 15) is 4.79 Å². The Morgan fingerprint density at radius 3 is 3.15 bits per heavy atom. The first-order valence-corrected chi connectivity index (χ1v) is 7.00. The van der Waals surface area contributed by atoms with Gasteiger partial charge in [-0.3, -0.25) is 4.79 Å². The van der Waals surface area contributed by atoms with Gasteiger partial charge in [-0.15, -0.1) is 0 Å². The molecule has 0 bridgehead atoms. The monoisotopic (exact) mass is 273 g/mol. The molecule has 5 heteroatoms. The SMILES string of the molecule is Nc1ccc2[nH]c(C(=O)NCCC3CCCO3)cc2c1. The number of nitrogens with one attached hydrogen (secondary N) is 2. The van der Waals surface area contributed by atoms with Gasteiger partial charge in [-0.2, -0.15) is 0 Å².